The second-order valence-corrected chi connectivity index (χ2v) is 2.95. The Hall–Kier alpha value is -1.10. The summed E-state index contributed by atoms with van der Waals surface area (Å²) in [5.74, 6) is 0. The number of nitrogens with one attached hydrogen (secondary N) is 1. The molecule has 78 valence electrons. The minimum Gasteiger partial charge on any atom is -0.313 e. The highest BCUT2D eigenvalue weighted by molar-refractivity contribution is 5.25. The standard InChI is InChI=1S/C9H11F3N2/c1-6(13-2)7-4-3-5-14-8(7)9(10,11)12/h3-6,13H,1-2H3/t6-/m0/s1. The largest absolute Gasteiger partial charge is 0.433 e. The summed E-state index contributed by atoms with van der Waals surface area (Å²) in [4.78, 5) is 3.35. The van der Waals surface area contributed by atoms with Crippen LogP contribution >= 0.6 is 0 Å². The molecular weight excluding hydrogens is 193 g/mol. The van der Waals surface area contributed by atoms with E-state index in [-0.39, 0.29) is 11.6 Å². The van der Waals surface area contributed by atoms with Gasteiger partial charge in [0.1, 0.15) is 5.69 Å². The second-order valence-electron chi connectivity index (χ2n) is 2.95. The zero-order chi connectivity index (χ0) is 10.8. The van der Waals surface area contributed by atoms with Gasteiger partial charge < -0.3 is 5.32 Å². The lowest BCUT2D eigenvalue weighted by molar-refractivity contribution is -0.142. The first-order valence-electron chi connectivity index (χ1n) is 4.16. The maximum Gasteiger partial charge on any atom is 0.433 e. The fraction of sp³-hybridized carbons (Fsp3) is 0.444. The van der Waals surface area contributed by atoms with Crippen LogP contribution in [0.5, 0.6) is 0 Å². The lowest BCUT2D eigenvalue weighted by Crippen LogP contribution is -2.19. The molecule has 0 fully saturated rings. The van der Waals surface area contributed by atoms with Crippen molar-refractivity contribution in [3.05, 3.63) is 29.6 Å². The van der Waals surface area contributed by atoms with E-state index in [0.29, 0.717) is 0 Å². The zero-order valence-electron chi connectivity index (χ0n) is 7.89. The summed E-state index contributed by atoms with van der Waals surface area (Å²) >= 11 is 0. The highest BCUT2D eigenvalue weighted by Crippen LogP contribution is 2.32. The molecule has 0 amide bonds. The number of aromatic nitrogens is 1. The molecule has 1 rings (SSSR count). The van der Waals surface area contributed by atoms with Crippen LogP contribution in [0.25, 0.3) is 0 Å². The fourth-order valence-corrected chi connectivity index (χ4v) is 1.16. The molecule has 0 saturated heterocycles. The summed E-state index contributed by atoms with van der Waals surface area (Å²) in [7, 11) is 1.61. The van der Waals surface area contributed by atoms with Crippen LogP contribution in [0.4, 0.5) is 13.2 Å². The normalized spacial score (nSPS) is 14.1. The first-order chi connectivity index (χ1) is 6.46. The van der Waals surface area contributed by atoms with E-state index in [1.165, 1.54) is 12.1 Å². The quantitative estimate of drug-likeness (QED) is 0.800. The molecule has 1 N–H and O–H groups in total. The van der Waals surface area contributed by atoms with Crippen LogP contribution in [0.3, 0.4) is 0 Å². The molecule has 0 aliphatic carbocycles. The molecule has 1 heterocycles. The molecule has 5 heteroatoms. The molecule has 1 aromatic heterocycles. The Labute approximate surface area is 80.2 Å². The van der Waals surface area contributed by atoms with Crippen molar-refractivity contribution in [2.75, 3.05) is 7.05 Å². The minimum atomic E-state index is -4.39. The van der Waals surface area contributed by atoms with Crippen LogP contribution < -0.4 is 5.32 Å². The van der Waals surface area contributed by atoms with E-state index in [1.54, 1.807) is 14.0 Å². The first-order valence-corrected chi connectivity index (χ1v) is 4.16. The third-order valence-electron chi connectivity index (χ3n) is 2.01. The summed E-state index contributed by atoms with van der Waals surface area (Å²) in [6.45, 7) is 1.66. The van der Waals surface area contributed by atoms with Crippen molar-refractivity contribution < 1.29 is 13.2 Å². The molecule has 0 saturated carbocycles. The summed E-state index contributed by atoms with van der Waals surface area (Å²) in [6.07, 6.45) is -3.24. The van der Waals surface area contributed by atoms with E-state index < -0.39 is 11.9 Å². The number of hydrogen-bond donors (Lipinski definition) is 1. The maximum absolute atomic E-state index is 12.5. The van der Waals surface area contributed by atoms with Crippen LogP contribution in [-0.2, 0) is 6.18 Å². The number of alkyl halides is 3. The summed E-state index contributed by atoms with van der Waals surface area (Å²) in [6, 6.07) is 2.57. The van der Waals surface area contributed by atoms with Gasteiger partial charge >= 0.3 is 6.18 Å². The van der Waals surface area contributed by atoms with Crippen LogP contribution in [0.15, 0.2) is 18.3 Å². The molecular formula is C9H11F3N2. The highest BCUT2D eigenvalue weighted by atomic mass is 19.4. The van der Waals surface area contributed by atoms with Crippen LogP contribution in [0.2, 0.25) is 0 Å². The molecule has 0 aliphatic rings. The van der Waals surface area contributed by atoms with Crippen molar-refractivity contribution in [2.45, 2.75) is 19.1 Å². The van der Waals surface area contributed by atoms with Gasteiger partial charge in [-0.3, -0.25) is 4.98 Å². The SMILES string of the molecule is CN[C@@H](C)c1cccnc1C(F)(F)F. The third kappa shape index (κ3) is 2.23. The number of pyridine rings is 1. The van der Waals surface area contributed by atoms with Gasteiger partial charge in [0.05, 0.1) is 0 Å². The van der Waals surface area contributed by atoms with Gasteiger partial charge in [-0.2, -0.15) is 13.2 Å². The maximum atomic E-state index is 12.5. The second kappa shape index (κ2) is 3.96. The van der Waals surface area contributed by atoms with Gasteiger partial charge in [-0.25, -0.2) is 0 Å². The Bertz CT molecular complexity index is 309. The lowest BCUT2D eigenvalue weighted by atomic mass is 10.1. The van der Waals surface area contributed by atoms with Crippen LogP contribution in [0, 0.1) is 0 Å². The molecule has 14 heavy (non-hydrogen) atoms. The topological polar surface area (TPSA) is 24.9 Å². The van der Waals surface area contributed by atoms with Crippen molar-refractivity contribution in [3.8, 4) is 0 Å². The number of hydrogen-bond acceptors (Lipinski definition) is 2. The van der Waals surface area contributed by atoms with E-state index >= 15 is 0 Å². The Morgan fingerprint density at radius 1 is 1.43 bits per heavy atom. The summed E-state index contributed by atoms with van der Waals surface area (Å²) in [5.41, 5.74) is -0.649. The smallest absolute Gasteiger partial charge is 0.313 e. The van der Waals surface area contributed by atoms with Gasteiger partial charge in [-0.05, 0) is 25.6 Å². The molecule has 0 spiro atoms. The predicted octanol–water partition coefficient (Wildman–Crippen LogP) is 2.38. The average molecular weight is 204 g/mol. The molecule has 0 aliphatic heterocycles. The summed E-state index contributed by atoms with van der Waals surface area (Å²) in [5, 5.41) is 2.75. The molecule has 0 aromatic carbocycles. The number of rotatable bonds is 2. The van der Waals surface area contributed by atoms with Crippen molar-refractivity contribution in [3.63, 3.8) is 0 Å². The third-order valence-corrected chi connectivity index (χ3v) is 2.01. The number of halogens is 3. The summed E-state index contributed by atoms with van der Waals surface area (Å²) < 4.78 is 37.4. The van der Waals surface area contributed by atoms with Crippen LogP contribution in [0.1, 0.15) is 24.2 Å². The van der Waals surface area contributed by atoms with Crippen molar-refractivity contribution in [1.82, 2.24) is 10.3 Å². The van der Waals surface area contributed by atoms with E-state index in [4.69, 9.17) is 0 Å². The predicted molar refractivity (Wildman–Crippen MR) is 46.7 cm³/mol. The fourth-order valence-electron chi connectivity index (χ4n) is 1.16. The first kappa shape index (κ1) is 11.0. The number of nitrogens with zero attached hydrogens (tertiary/aromatic N) is 1. The Kier molecular flexibility index (Phi) is 3.10. The Balaban J connectivity index is 3.16. The van der Waals surface area contributed by atoms with Crippen molar-refractivity contribution in [2.24, 2.45) is 0 Å². The molecule has 1 atom stereocenters. The highest BCUT2D eigenvalue weighted by Gasteiger charge is 2.35. The molecule has 0 bridgehead atoms. The van der Waals surface area contributed by atoms with Gasteiger partial charge in [0.25, 0.3) is 0 Å². The van der Waals surface area contributed by atoms with Gasteiger partial charge in [0.15, 0.2) is 0 Å². The Morgan fingerprint density at radius 2 is 2.07 bits per heavy atom. The van der Waals surface area contributed by atoms with Gasteiger partial charge in [0.2, 0.25) is 0 Å². The van der Waals surface area contributed by atoms with E-state index in [0.717, 1.165) is 6.20 Å². The average Bonchev–Trinajstić information content (AvgIpc) is 2.15. The Morgan fingerprint density at radius 3 is 2.57 bits per heavy atom. The van der Waals surface area contributed by atoms with Gasteiger partial charge in [-0.1, -0.05) is 6.07 Å². The van der Waals surface area contributed by atoms with Crippen molar-refractivity contribution >= 4 is 0 Å². The molecule has 0 unspecified atom stereocenters. The molecule has 0 radical (unpaired) electrons. The van der Waals surface area contributed by atoms with E-state index in [2.05, 4.69) is 10.3 Å². The lowest BCUT2D eigenvalue weighted by Gasteiger charge is -2.16. The molecule has 2 nitrogen and oxygen atoms in total. The van der Waals surface area contributed by atoms with Gasteiger partial charge in [0, 0.05) is 12.2 Å². The van der Waals surface area contributed by atoms with Crippen LogP contribution in [-0.4, -0.2) is 12.0 Å². The monoisotopic (exact) mass is 204 g/mol. The van der Waals surface area contributed by atoms with Gasteiger partial charge in [-0.15, -0.1) is 0 Å². The van der Waals surface area contributed by atoms with E-state index in [1.807, 2.05) is 0 Å². The van der Waals surface area contributed by atoms with E-state index in [9.17, 15) is 13.2 Å². The van der Waals surface area contributed by atoms with Crippen molar-refractivity contribution in [1.29, 1.82) is 0 Å². The molecule has 1 aromatic rings. The zero-order valence-corrected chi connectivity index (χ0v) is 7.89. The minimum absolute atomic E-state index is 0.169.